The third kappa shape index (κ3) is 2.52. The number of aromatic carboxylic acids is 1. The summed E-state index contributed by atoms with van der Waals surface area (Å²) < 4.78 is 8.32. The molecule has 0 bridgehead atoms. The smallest absolute Gasteiger partial charge is 0.352 e. The first-order chi connectivity index (χ1) is 10.6. The number of carbonyl (C=O) groups is 1. The first-order valence-electron chi connectivity index (χ1n) is 7.56. The lowest BCUT2D eigenvalue weighted by molar-refractivity contribution is 0.0684. The molecule has 7 nitrogen and oxygen atoms in total. The minimum absolute atomic E-state index is 0.0118. The van der Waals surface area contributed by atoms with E-state index in [1.54, 1.807) is 4.57 Å². The van der Waals surface area contributed by atoms with Crippen molar-refractivity contribution < 1.29 is 14.6 Å². The van der Waals surface area contributed by atoms with Crippen LogP contribution in [0.25, 0.3) is 5.65 Å². The zero-order chi connectivity index (χ0) is 15.7. The molecule has 0 unspecified atom stereocenters. The molecular formula is C15H19N3O4. The van der Waals surface area contributed by atoms with Gasteiger partial charge < -0.3 is 14.4 Å². The van der Waals surface area contributed by atoms with E-state index in [0.717, 1.165) is 31.0 Å². The van der Waals surface area contributed by atoms with Crippen LogP contribution in [-0.4, -0.2) is 38.5 Å². The van der Waals surface area contributed by atoms with Crippen molar-refractivity contribution in [2.75, 3.05) is 13.2 Å². The fraction of sp³-hybridized carbons (Fsp3) is 0.533. The van der Waals surface area contributed by atoms with Gasteiger partial charge >= 0.3 is 5.97 Å². The van der Waals surface area contributed by atoms with Crippen LogP contribution >= 0.6 is 0 Å². The van der Waals surface area contributed by atoms with Crippen molar-refractivity contribution in [3.63, 3.8) is 0 Å². The Labute approximate surface area is 127 Å². The third-order valence-electron chi connectivity index (χ3n) is 4.05. The fourth-order valence-corrected chi connectivity index (χ4v) is 2.95. The summed E-state index contributed by atoms with van der Waals surface area (Å²) in [6.07, 6.45) is 2.52. The van der Waals surface area contributed by atoms with Gasteiger partial charge in [0, 0.05) is 37.8 Å². The second-order valence-electron chi connectivity index (χ2n) is 5.55. The van der Waals surface area contributed by atoms with Crippen molar-refractivity contribution in [2.45, 2.75) is 38.6 Å². The molecule has 1 saturated heterocycles. The zero-order valence-electron chi connectivity index (χ0n) is 12.5. The molecule has 1 aliphatic heterocycles. The maximum Gasteiger partial charge on any atom is 0.352 e. The lowest BCUT2D eigenvalue weighted by Crippen LogP contribution is -2.23. The molecule has 2 aromatic heterocycles. The van der Waals surface area contributed by atoms with Crippen molar-refractivity contribution in [3.8, 4) is 0 Å². The van der Waals surface area contributed by atoms with Crippen molar-refractivity contribution in [2.24, 2.45) is 0 Å². The summed E-state index contributed by atoms with van der Waals surface area (Å²) in [6.45, 7) is 3.89. The molecule has 1 fully saturated rings. The second kappa shape index (κ2) is 5.92. The van der Waals surface area contributed by atoms with Gasteiger partial charge in [0.2, 0.25) is 0 Å². The van der Waals surface area contributed by atoms with Crippen LogP contribution in [-0.2, 0) is 11.3 Å². The topological polar surface area (TPSA) is 85.8 Å². The number of fused-ring (bicyclic) bond motifs is 1. The highest BCUT2D eigenvalue weighted by molar-refractivity contribution is 5.86. The van der Waals surface area contributed by atoms with Crippen LogP contribution in [0.2, 0.25) is 0 Å². The molecule has 0 radical (unpaired) electrons. The predicted octanol–water partition coefficient (Wildman–Crippen LogP) is 1.50. The Kier molecular flexibility index (Phi) is 3.98. The molecule has 7 heteroatoms. The van der Waals surface area contributed by atoms with Gasteiger partial charge in [-0.2, -0.15) is 9.61 Å². The van der Waals surface area contributed by atoms with Crippen molar-refractivity contribution in [3.05, 3.63) is 33.9 Å². The molecule has 0 atom stereocenters. The van der Waals surface area contributed by atoms with Gasteiger partial charge in [-0.1, -0.05) is 6.92 Å². The Morgan fingerprint density at radius 1 is 1.41 bits per heavy atom. The number of carboxylic acid groups (broad SMARTS) is 1. The number of carboxylic acids is 1. The van der Waals surface area contributed by atoms with Crippen LogP contribution in [0.5, 0.6) is 0 Å². The number of rotatable bonds is 4. The minimum atomic E-state index is -1.10. The molecule has 2 aromatic rings. The van der Waals surface area contributed by atoms with E-state index in [2.05, 4.69) is 5.10 Å². The molecule has 1 aliphatic rings. The molecule has 0 aromatic carbocycles. The summed E-state index contributed by atoms with van der Waals surface area (Å²) in [6, 6.07) is 2.99. The van der Waals surface area contributed by atoms with Gasteiger partial charge in [-0.15, -0.1) is 0 Å². The van der Waals surface area contributed by atoms with Gasteiger partial charge in [-0.05, 0) is 19.3 Å². The lowest BCUT2D eigenvalue weighted by Gasteiger charge is -2.19. The normalized spacial score (nSPS) is 16.2. The molecule has 0 saturated carbocycles. The molecule has 22 heavy (non-hydrogen) atoms. The average molecular weight is 305 g/mol. The molecule has 3 rings (SSSR count). The van der Waals surface area contributed by atoms with E-state index in [4.69, 9.17) is 4.74 Å². The predicted molar refractivity (Wildman–Crippen MR) is 79.5 cm³/mol. The lowest BCUT2D eigenvalue weighted by atomic mass is 9.97. The van der Waals surface area contributed by atoms with Crippen LogP contribution in [0.15, 0.2) is 16.9 Å². The molecule has 0 amide bonds. The first kappa shape index (κ1) is 14.8. The Morgan fingerprint density at radius 3 is 2.77 bits per heavy atom. The van der Waals surface area contributed by atoms with Crippen LogP contribution in [0.1, 0.15) is 48.3 Å². The van der Waals surface area contributed by atoms with E-state index in [0.29, 0.717) is 25.4 Å². The quantitative estimate of drug-likeness (QED) is 0.925. The van der Waals surface area contributed by atoms with Crippen LogP contribution in [0.4, 0.5) is 0 Å². The molecule has 0 aliphatic carbocycles. The summed E-state index contributed by atoms with van der Waals surface area (Å²) in [5, 5.41) is 13.7. The minimum Gasteiger partial charge on any atom is -0.477 e. The summed E-state index contributed by atoms with van der Waals surface area (Å²) >= 11 is 0. The number of hydrogen-bond acceptors (Lipinski definition) is 4. The number of ether oxygens (including phenoxy) is 1. The van der Waals surface area contributed by atoms with Gasteiger partial charge in [-0.3, -0.25) is 4.79 Å². The van der Waals surface area contributed by atoms with Gasteiger partial charge in [0.1, 0.15) is 11.3 Å². The maximum absolute atomic E-state index is 12.2. The van der Waals surface area contributed by atoms with E-state index in [-0.39, 0.29) is 11.6 Å². The Balaban J connectivity index is 2.16. The van der Waals surface area contributed by atoms with Crippen molar-refractivity contribution >= 4 is 11.6 Å². The van der Waals surface area contributed by atoms with E-state index in [9.17, 15) is 14.7 Å². The highest BCUT2D eigenvalue weighted by Crippen LogP contribution is 2.26. The SMILES string of the molecule is CCCn1c(C(=O)O)cc(=O)n2nc(C3CCOCC3)cc12. The maximum atomic E-state index is 12.2. The fourth-order valence-electron chi connectivity index (χ4n) is 2.95. The van der Waals surface area contributed by atoms with E-state index in [1.807, 2.05) is 13.0 Å². The third-order valence-corrected chi connectivity index (χ3v) is 4.05. The summed E-state index contributed by atoms with van der Waals surface area (Å²) in [5.74, 6) is -0.835. The highest BCUT2D eigenvalue weighted by atomic mass is 16.5. The Morgan fingerprint density at radius 2 is 2.14 bits per heavy atom. The molecule has 118 valence electrons. The first-order valence-corrected chi connectivity index (χ1v) is 7.56. The summed E-state index contributed by atoms with van der Waals surface area (Å²) in [5.41, 5.74) is 0.997. The highest BCUT2D eigenvalue weighted by Gasteiger charge is 2.22. The molecule has 0 spiro atoms. The standard InChI is InChI=1S/C15H19N3O4/c1-2-5-17-12(15(20)21)9-14(19)18-13(17)8-11(16-18)10-3-6-22-7-4-10/h8-10H,2-7H2,1H3,(H,20,21). The van der Waals surface area contributed by atoms with Gasteiger partial charge in [0.25, 0.3) is 5.56 Å². The van der Waals surface area contributed by atoms with Gasteiger partial charge in [0.05, 0.1) is 5.69 Å². The van der Waals surface area contributed by atoms with E-state index in [1.165, 1.54) is 4.52 Å². The van der Waals surface area contributed by atoms with Crippen LogP contribution < -0.4 is 5.56 Å². The summed E-state index contributed by atoms with van der Waals surface area (Å²) in [7, 11) is 0. The number of hydrogen-bond donors (Lipinski definition) is 1. The van der Waals surface area contributed by atoms with Crippen molar-refractivity contribution in [1.29, 1.82) is 0 Å². The summed E-state index contributed by atoms with van der Waals surface area (Å²) in [4.78, 5) is 23.6. The van der Waals surface area contributed by atoms with Gasteiger partial charge in [-0.25, -0.2) is 4.79 Å². The Bertz CT molecular complexity index is 756. The second-order valence-corrected chi connectivity index (χ2v) is 5.55. The van der Waals surface area contributed by atoms with Crippen molar-refractivity contribution in [1.82, 2.24) is 14.2 Å². The number of aryl methyl sites for hydroxylation is 1. The Hall–Kier alpha value is -2.15. The van der Waals surface area contributed by atoms with Crippen LogP contribution in [0.3, 0.4) is 0 Å². The molecule has 3 heterocycles. The zero-order valence-corrected chi connectivity index (χ0v) is 12.5. The number of nitrogens with zero attached hydrogens (tertiary/aromatic N) is 3. The molecule has 1 N–H and O–H groups in total. The van der Waals surface area contributed by atoms with Gasteiger partial charge in [0.15, 0.2) is 0 Å². The average Bonchev–Trinajstić information content (AvgIpc) is 2.96. The molecular weight excluding hydrogens is 286 g/mol. The van der Waals surface area contributed by atoms with E-state index >= 15 is 0 Å². The number of aromatic nitrogens is 3. The largest absolute Gasteiger partial charge is 0.477 e. The van der Waals surface area contributed by atoms with E-state index < -0.39 is 11.5 Å². The monoisotopic (exact) mass is 305 g/mol. The van der Waals surface area contributed by atoms with Crippen LogP contribution in [0, 0.1) is 0 Å².